The van der Waals surface area contributed by atoms with E-state index in [2.05, 4.69) is 15.0 Å². The third-order valence-corrected chi connectivity index (χ3v) is 4.15. The highest BCUT2D eigenvalue weighted by Crippen LogP contribution is 2.46. The van der Waals surface area contributed by atoms with Crippen molar-refractivity contribution >= 4 is 30.8 Å². The minimum Gasteiger partial charge on any atom is -0.382 e. The van der Waals surface area contributed by atoms with Crippen molar-refractivity contribution in [3.63, 3.8) is 0 Å². The molecule has 2 heterocycles. The quantitative estimate of drug-likeness (QED) is 0.713. The van der Waals surface area contributed by atoms with Gasteiger partial charge in [0.2, 0.25) is 0 Å². The fourth-order valence-electron chi connectivity index (χ4n) is 2.14. The largest absolute Gasteiger partial charge is 0.382 e. The van der Waals surface area contributed by atoms with Gasteiger partial charge in [-0.05, 0) is 24.3 Å². The molecule has 1 fully saturated rings. The Hall–Kier alpha value is -1.76. The van der Waals surface area contributed by atoms with Gasteiger partial charge in [0.1, 0.15) is 12.7 Å². The van der Waals surface area contributed by atoms with Crippen LogP contribution in [-0.2, 0) is 4.57 Å². The molecule has 0 spiro atoms. The van der Waals surface area contributed by atoms with Crippen molar-refractivity contribution < 1.29 is 14.4 Å². The summed E-state index contributed by atoms with van der Waals surface area (Å²) in [6.07, 6.45) is 6.16. The molecule has 2 aromatic heterocycles. The number of hydrogen-bond donors (Lipinski definition) is 3. The highest BCUT2D eigenvalue weighted by atomic mass is 31.2. The maximum absolute atomic E-state index is 10.8. The summed E-state index contributed by atoms with van der Waals surface area (Å²) in [6, 6.07) is 0. The van der Waals surface area contributed by atoms with Crippen LogP contribution in [0.1, 0.15) is 12.8 Å². The van der Waals surface area contributed by atoms with E-state index in [9.17, 15) is 4.57 Å². The summed E-state index contributed by atoms with van der Waals surface area (Å²) in [5.41, 5.74) is 8.02. The molecule has 0 bridgehead atoms. The van der Waals surface area contributed by atoms with Crippen LogP contribution in [0.25, 0.3) is 17.4 Å². The zero-order valence-electron chi connectivity index (χ0n) is 10.5. The first-order valence-electron chi connectivity index (χ1n) is 6.12. The second kappa shape index (κ2) is 4.66. The van der Waals surface area contributed by atoms with E-state index in [1.54, 1.807) is 10.9 Å². The van der Waals surface area contributed by atoms with Gasteiger partial charge in [-0.25, -0.2) is 15.0 Å². The zero-order chi connectivity index (χ0) is 14.3. The number of imidazole rings is 1. The van der Waals surface area contributed by atoms with E-state index >= 15 is 0 Å². The number of nitrogen functional groups attached to an aromatic ring is 1. The second-order valence-corrected chi connectivity index (χ2v) is 6.64. The normalized spacial score (nSPS) is 20.7. The van der Waals surface area contributed by atoms with E-state index < -0.39 is 7.60 Å². The van der Waals surface area contributed by atoms with Crippen LogP contribution in [-0.4, -0.2) is 35.5 Å². The predicted molar refractivity (Wildman–Crippen MR) is 73.6 cm³/mol. The van der Waals surface area contributed by atoms with E-state index in [0.717, 1.165) is 12.0 Å². The third kappa shape index (κ3) is 2.72. The Labute approximate surface area is 114 Å². The summed E-state index contributed by atoms with van der Waals surface area (Å²) in [6.45, 7) is 0. The lowest BCUT2D eigenvalue weighted by molar-refractivity contribution is 0.370. The summed E-state index contributed by atoms with van der Waals surface area (Å²) in [5.74, 6) is 0.570. The second-order valence-electron chi connectivity index (χ2n) is 4.86. The van der Waals surface area contributed by atoms with Gasteiger partial charge in [0.25, 0.3) is 0 Å². The fraction of sp³-hybridized carbons (Fsp3) is 0.364. The van der Waals surface area contributed by atoms with E-state index in [4.69, 9.17) is 15.5 Å². The van der Waals surface area contributed by atoms with Gasteiger partial charge in [0, 0.05) is 6.20 Å². The molecule has 0 saturated heterocycles. The summed E-state index contributed by atoms with van der Waals surface area (Å²) in [7, 11) is -3.91. The first-order valence-corrected chi connectivity index (χ1v) is 7.92. The van der Waals surface area contributed by atoms with Crippen molar-refractivity contribution in [3.05, 3.63) is 18.2 Å². The van der Waals surface area contributed by atoms with E-state index in [-0.39, 0.29) is 12.1 Å². The Balaban J connectivity index is 1.76. The van der Waals surface area contributed by atoms with E-state index in [1.165, 1.54) is 6.33 Å². The van der Waals surface area contributed by atoms with Crippen LogP contribution >= 0.6 is 7.60 Å². The molecule has 8 nitrogen and oxygen atoms in total. The lowest BCUT2D eigenvalue weighted by Crippen LogP contribution is -1.94. The van der Waals surface area contributed by atoms with Gasteiger partial charge >= 0.3 is 7.60 Å². The lowest BCUT2D eigenvalue weighted by atomic mass is 10.3. The Kier molecular flexibility index (Phi) is 3.08. The number of allylic oxidation sites excluding steroid dienone is 1. The molecule has 1 unspecified atom stereocenters. The molecule has 3 rings (SSSR count). The number of nitrogens with zero attached hydrogens (tertiary/aromatic N) is 4. The first kappa shape index (κ1) is 13.2. The number of fused-ring (bicyclic) bond motifs is 1. The fourth-order valence-corrected chi connectivity index (χ4v) is 2.79. The number of anilines is 1. The summed E-state index contributed by atoms with van der Waals surface area (Å²) < 4.78 is 12.6. The number of aromatic nitrogens is 4. The molecule has 4 N–H and O–H groups in total. The average Bonchev–Trinajstić information content (AvgIpc) is 2.97. The summed E-state index contributed by atoms with van der Waals surface area (Å²) >= 11 is 0. The molecule has 1 atom stereocenters. The molecule has 1 saturated carbocycles. The van der Waals surface area contributed by atoms with Gasteiger partial charge < -0.3 is 15.5 Å². The maximum Gasteiger partial charge on any atom is 0.325 e. The van der Waals surface area contributed by atoms with Crippen molar-refractivity contribution in [2.45, 2.75) is 12.8 Å². The molecule has 1 aliphatic carbocycles. The Bertz CT molecular complexity index is 735. The van der Waals surface area contributed by atoms with Crippen LogP contribution in [0.15, 0.2) is 18.2 Å². The molecule has 0 aromatic carbocycles. The SMILES string of the molecule is Nc1ncnc2c1ncn2/C=C1\CC1CCP(=O)(O)O. The molecule has 1 aliphatic rings. The molecule has 20 heavy (non-hydrogen) atoms. The average molecular weight is 295 g/mol. The topological polar surface area (TPSA) is 127 Å². The van der Waals surface area contributed by atoms with Gasteiger partial charge in [-0.3, -0.25) is 9.13 Å². The van der Waals surface area contributed by atoms with Crippen LogP contribution < -0.4 is 5.73 Å². The van der Waals surface area contributed by atoms with Gasteiger partial charge in [0.15, 0.2) is 17.0 Å². The standard InChI is InChI=1S/C11H14N5O3P/c12-10-9-11(14-5-13-10)16(6-15-9)4-8-3-7(8)1-2-20(17,18)19/h4-7H,1-3H2,(H2,12,13,14)(H2,17,18,19)/b8-4+. The minimum atomic E-state index is -3.91. The smallest absolute Gasteiger partial charge is 0.325 e. The molecule has 9 heteroatoms. The van der Waals surface area contributed by atoms with Crippen molar-refractivity contribution in [1.82, 2.24) is 19.5 Å². The Morgan fingerprint density at radius 3 is 3.00 bits per heavy atom. The summed E-state index contributed by atoms with van der Waals surface area (Å²) in [4.78, 5) is 29.9. The van der Waals surface area contributed by atoms with Crippen LogP contribution in [0.2, 0.25) is 0 Å². The molecule has 106 valence electrons. The van der Waals surface area contributed by atoms with Gasteiger partial charge in [-0.2, -0.15) is 0 Å². The van der Waals surface area contributed by atoms with Gasteiger partial charge in [-0.1, -0.05) is 0 Å². The van der Waals surface area contributed by atoms with Crippen LogP contribution in [0.5, 0.6) is 0 Å². The molecule has 0 amide bonds. The van der Waals surface area contributed by atoms with E-state index in [0.29, 0.717) is 23.4 Å². The van der Waals surface area contributed by atoms with Crippen LogP contribution in [0.4, 0.5) is 5.82 Å². The maximum atomic E-state index is 10.8. The van der Waals surface area contributed by atoms with E-state index in [1.807, 2.05) is 6.20 Å². The lowest BCUT2D eigenvalue weighted by Gasteiger charge is -2.00. The number of rotatable bonds is 4. The van der Waals surface area contributed by atoms with Crippen molar-refractivity contribution in [1.29, 1.82) is 0 Å². The summed E-state index contributed by atoms with van der Waals surface area (Å²) in [5, 5.41) is 0. The van der Waals surface area contributed by atoms with Crippen LogP contribution in [0, 0.1) is 5.92 Å². The highest BCUT2D eigenvalue weighted by Gasteiger charge is 2.31. The Morgan fingerprint density at radius 2 is 2.25 bits per heavy atom. The molecule has 0 radical (unpaired) electrons. The minimum absolute atomic E-state index is 0.0746. The number of nitrogens with two attached hydrogens (primary N) is 1. The van der Waals surface area contributed by atoms with Gasteiger partial charge in [-0.15, -0.1) is 0 Å². The van der Waals surface area contributed by atoms with Crippen molar-refractivity contribution in [3.8, 4) is 0 Å². The van der Waals surface area contributed by atoms with Crippen molar-refractivity contribution in [2.75, 3.05) is 11.9 Å². The molecular weight excluding hydrogens is 281 g/mol. The van der Waals surface area contributed by atoms with Crippen LogP contribution in [0.3, 0.4) is 0 Å². The van der Waals surface area contributed by atoms with Crippen molar-refractivity contribution in [2.24, 2.45) is 5.92 Å². The predicted octanol–water partition coefficient (Wildman–Crippen LogP) is 0.837. The van der Waals surface area contributed by atoms with Gasteiger partial charge in [0.05, 0.1) is 6.16 Å². The number of hydrogen-bond acceptors (Lipinski definition) is 5. The zero-order valence-corrected chi connectivity index (χ0v) is 11.4. The monoisotopic (exact) mass is 295 g/mol. The third-order valence-electron chi connectivity index (χ3n) is 3.31. The first-order chi connectivity index (χ1) is 9.44. The molecule has 2 aromatic rings. The molecule has 0 aliphatic heterocycles. The highest BCUT2D eigenvalue weighted by molar-refractivity contribution is 7.51. The molecular formula is C11H14N5O3P. The Morgan fingerprint density at radius 1 is 1.45 bits per heavy atom.